The van der Waals surface area contributed by atoms with E-state index in [1.165, 1.54) is 30.3 Å². The highest BCUT2D eigenvalue weighted by molar-refractivity contribution is 7.90. The Kier molecular flexibility index (Phi) is 5.74. The number of benzene rings is 2. The SMILES string of the molecule is CC(Oc1ccc(Cl)cc1Cl)C(=O)Nc1ccc(S(C)(=O)=O)cc1. The van der Waals surface area contributed by atoms with Gasteiger partial charge in [0.05, 0.1) is 9.92 Å². The van der Waals surface area contributed by atoms with Crippen molar-refractivity contribution in [2.45, 2.75) is 17.9 Å². The maximum atomic E-state index is 12.2. The molecular weight excluding hydrogens is 373 g/mol. The Morgan fingerprint density at radius 2 is 1.75 bits per heavy atom. The molecule has 5 nitrogen and oxygen atoms in total. The molecule has 24 heavy (non-hydrogen) atoms. The molecule has 2 rings (SSSR count). The van der Waals surface area contributed by atoms with Crippen LogP contribution < -0.4 is 10.1 Å². The van der Waals surface area contributed by atoms with Gasteiger partial charge in [-0.2, -0.15) is 0 Å². The van der Waals surface area contributed by atoms with Crippen LogP contribution in [0.5, 0.6) is 5.75 Å². The molecule has 0 saturated carbocycles. The van der Waals surface area contributed by atoms with Crippen LogP contribution in [0.25, 0.3) is 0 Å². The maximum absolute atomic E-state index is 12.2. The molecule has 0 saturated heterocycles. The van der Waals surface area contributed by atoms with Gasteiger partial charge in [-0.3, -0.25) is 4.79 Å². The molecular formula is C16H15Cl2NO4S. The molecule has 0 aliphatic rings. The summed E-state index contributed by atoms with van der Waals surface area (Å²) >= 11 is 11.8. The number of ether oxygens (including phenoxy) is 1. The van der Waals surface area contributed by atoms with Crippen molar-refractivity contribution in [3.8, 4) is 5.75 Å². The number of rotatable bonds is 5. The lowest BCUT2D eigenvalue weighted by Gasteiger charge is -2.16. The molecule has 1 atom stereocenters. The molecule has 1 unspecified atom stereocenters. The van der Waals surface area contributed by atoms with Gasteiger partial charge in [0.25, 0.3) is 5.91 Å². The Labute approximate surface area is 150 Å². The third-order valence-electron chi connectivity index (χ3n) is 3.12. The number of amides is 1. The minimum atomic E-state index is -3.28. The molecule has 0 aliphatic carbocycles. The molecule has 1 N–H and O–H groups in total. The van der Waals surface area contributed by atoms with Gasteiger partial charge in [0.1, 0.15) is 5.75 Å². The zero-order valence-electron chi connectivity index (χ0n) is 12.9. The van der Waals surface area contributed by atoms with Crippen molar-refractivity contribution in [2.75, 3.05) is 11.6 Å². The van der Waals surface area contributed by atoms with Gasteiger partial charge >= 0.3 is 0 Å². The summed E-state index contributed by atoms with van der Waals surface area (Å²) in [6, 6.07) is 10.6. The maximum Gasteiger partial charge on any atom is 0.265 e. The predicted octanol–water partition coefficient (Wildman–Crippen LogP) is 3.80. The molecule has 0 spiro atoms. The largest absolute Gasteiger partial charge is 0.479 e. The summed E-state index contributed by atoms with van der Waals surface area (Å²) in [7, 11) is -3.28. The summed E-state index contributed by atoms with van der Waals surface area (Å²) in [6.07, 6.45) is 0.310. The average Bonchev–Trinajstić information content (AvgIpc) is 2.49. The molecule has 8 heteroatoms. The lowest BCUT2D eigenvalue weighted by atomic mass is 10.3. The number of hydrogen-bond donors (Lipinski definition) is 1. The smallest absolute Gasteiger partial charge is 0.265 e. The number of nitrogens with one attached hydrogen (secondary N) is 1. The van der Waals surface area contributed by atoms with Gasteiger partial charge in [-0.15, -0.1) is 0 Å². The van der Waals surface area contributed by atoms with Crippen LogP contribution in [0.1, 0.15) is 6.92 Å². The number of carbonyl (C=O) groups is 1. The fraction of sp³-hybridized carbons (Fsp3) is 0.188. The van der Waals surface area contributed by atoms with E-state index in [4.69, 9.17) is 27.9 Å². The zero-order chi connectivity index (χ0) is 17.9. The Balaban J connectivity index is 2.03. The molecule has 0 fully saturated rings. The van der Waals surface area contributed by atoms with Gasteiger partial charge in [0, 0.05) is 17.0 Å². The van der Waals surface area contributed by atoms with Crippen molar-refractivity contribution in [1.82, 2.24) is 0 Å². The van der Waals surface area contributed by atoms with E-state index in [1.54, 1.807) is 19.1 Å². The van der Waals surface area contributed by atoms with E-state index in [1.807, 2.05) is 0 Å². The third kappa shape index (κ3) is 4.87. The molecule has 0 radical (unpaired) electrons. The number of anilines is 1. The molecule has 0 heterocycles. The van der Waals surface area contributed by atoms with Crippen molar-refractivity contribution in [1.29, 1.82) is 0 Å². The highest BCUT2D eigenvalue weighted by Crippen LogP contribution is 2.28. The predicted molar refractivity (Wildman–Crippen MR) is 94.7 cm³/mol. The van der Waals surface area contributed by atoms with E-state index in [2.05, 4.69) is 5.32 Å². The summed E-state index contributed by atoms with van der Waals surface area (Å²) in [6.45, 7) is 1.57. The lowest BCUT2D eigenvalue weighted by Crippen LogP contribution is -2.30. The fourth-order valence-electron chi connectivity index (χ4n) is 1.84. The van der Waals surface area contributed by atoms with Gasteiger partial charge in [-0.1, -0.05) is 23.2 Å². The Morgan fingerprint density at radius 1 is 1.12 bits per heavy atom. The molecule has 0 aromatic heterocycles. The molecule has 2 aromatic carbocycles. The third-order valence-corrected chi connectivity index (χ3v) is 4.78. The van der Waals surface area contributed by atoms with Gasteiger partial charge in [-0.05, 0) is 49.4 Å². The second-order valence-corrected chi connectivity index (χ2v) is 7.98. The average molecular weight is 388 g/mol. The summed E-state index contributed by atoms with van der Waals surface area (Å²) in [4.78, 5) is 12.3. The van der Waals surface area contributed by atoms with Crippen LogP contribution in [0.4, 0.5) is 5.69 Å². The first-order valence-electron chi connectivity index (χ1n) is 6.89. The number of carbonyl (C=O) groups excluding carboxylic acids is 1. The van der Waals surface area contributed by atoms with Crippen molar-refractivity contribution in [3.63, 3.8) is 0 Å². The minimum Gasteiger partial charge on any atom is -0.479 e. The first-order valence-corrected chi connectivity index (χ1v) is 9.54. The number of sulfone groups is 1. The second-order valence-electron chi connectivity index (χ2n) is 5.12. The van der Waals surface area contributed by atoms with Crippen molar-refractivity contribution < 1.29 is 17.9 Å². The second kappa shape index (κ2) is 7.42. The molecule has 2 aromatic rings. The Bertz CT molecular complexity index is 851. The summed E-state index contributed by atoms with van der Waals surface area (Å²) in [5, 5.41) is 3.42. The monoisotopic (exact) mass is 387 g/mol. The first kappa shape index (κ1) is 18.6. The van der Waals surface area contributed by atoms with Crippen LogP contribution in [0, 0.1) is 0 Å². The standard InChI is InChI=1S/C16H15Cl2NO4S/c1-10(23-15-8-3-11(17)9-14(15)18)16(20)19-12-4-6-13(7-5-12)24(2,21)22/h3-10H,1-2H3,(H,19,20). The lowest BCUT2D eigenvalue weighted by molar-refractivity contribution is -0.122. The van der Waals surface area contributed by atoms with Gasteiger partial charge in [-0.25, -0.2) is 8.42 Å². The minimum absolute atomic E-state index is 0.178. The van der Waals surface area contributed by atoms with E-state index >= 15 is 0 Å². The highest BCUT2D eigenvalue weighted by Gasteiger charge is 2.17. The Morgan fingerprint density at radius 3 is 2.29 bits per heavy atom. The molecule has 0 aliphatic heterocycles. The van der Waals surface area contributed by atoms with Crippen LogP contribution in [-0.4, -0.2) is 26.7 Å². The molecule has 128 valence electrons. The summed E-state index contributed by atoms with van der Waals surface area (Å²) in [5.74, 6) is -0.0516. The van der Waals surface area contributed by atoms with Gasteiger partial charge in [0.2, 0.25) is 0 Å². The highest BCUT2D eigenvalue weighted by atomic mass is 35.5. The van der Waals surface area contributed by atoms with Crippen LogP contribution in [0.15, 0.2) is 47.4 Å². The van der Waals surface area contributed by atoms with E-state index < -0.39 is 21.8 Å². The molecule has 1 amide bonds. The quantitative estimate of drug-likeness (QED) is 0.846. The van der Waals surface area contributed by atoms with E-state index in [0.717, 1.165) is 6.26 Å². The molecule has 0 bridgehead atoms. The Hall–Kier alpha value is -1.76. The van der Waals surface area contributed by atoms with E-state index in [9.17, 15) is 13.2 Å². The van der Waals surface area contributed by atoms with Crippen LogP contribution in [0.3, 0.4) is 0 Å². The van der Waals surface area contributed by atoms with Crippen LogP contribution in [-0.2, 0) is 14.6 Å². The van der Waals surface area contributed by atoms with Crippen molar-refractivity contribution >= 4 is 44.6 Å². The van der Waals surface area contributed by atoms with Crippen molar-refractivity contribution in [2.24, 2.45) is 0 Å². The summed E-state index contributed by atoms with van der Waals surface area (Å²) < 4.78 is 28.3. The van der Waals surface area contributed by atoms with Gasteiger partial charge < -0.3 is 10.1 Å². The van der Waals surface area contributed by atoms with Crippen LogP contribution in [0.2, 0.25) is 10.0 Å². The van der Waals surface area contributed by atoms with Crippen molar-refractivity contribution in [3.05, 3.63) is 52.5 Å². The zero-order valence-corrected chi connectivity index (χ0v) is 15.2. The van der Waals surface area contributed by atoms with E-state index in [0.29, 0.717) is 21.5 Å². The summed E-state index contributed by atoms with van der Waals surface area (Å²) in [5.41, 5.74) is 0.463. The normalized spacial score (nSPS) is 12.5. The van der Waals surface area contributed by atoms with Gasteiger partial charge in [0.15, 0.2) is 15.9 Å². The topological polar surface area (TPSA) is 72.5 Å². The number of hydrogen-bond acceptors (Lipinski definition) is 4. The first-order chi connectivity index (χ1) is 11.2. The van der Waals surface area contributed by atoms with Crippen LogP contribution >= 0.6 is 23.2 Å². The fourth-order valence-corrected chi connectivity index (χ4v) is 2.93. The van der Waals surface area contributed by atoms with E-state index in [-0.39, 0.29) is 4.90 Å². The number of halogens is 2.